The van der Waals surface area contributed by atoms with Crippen LogP contribution in [0.1, 0.15) is 10.4 Å². The van der Waals surface area contributed by atoms with Crippen molar-refractivity contribution in [3.63, 3.8) is 0 Å². The summed E-state index contributed by atoms with van der Waals surface area (Å²) in [6.45, 7) is 7.85. The number of carbonyl (C=O) groups is 1. The van der Waals surface area contributed by atoms with Crippen LogP contribution in [0, 0.1) is 0 Å². The van der Waals surface area contributed by atoms with Crippen LogP contribution in [-0.4, -0.2) is 86.3 Å². The average molecular weight is 396 g/mol. The van der Waals surface area contributed by atoms with Gasteiger partial charge in [-0.25, -0.2) is 4.98 Å². The van der Waals surface area contributed by atoms with Gasteiger partial charge in [0.1, 0.15) is 18.2 Å². The molecule has 1 aromatic heterocycles. The molecule has 0 atom stereocenters. The summed E-state index contributed by atoms with van der Waals surface area (Å²) in [6.07, 6.45) is 1.70. The number of hydrogen-bond donors (Lipinski definition) is 0. The number of benzene rings is 1. The summed E-state index contributed by atoms with van der Waals surface area (Å²) in [5.41, 5.74) is 0.655. The van der Waals surface area contributed by atoms with E-state index in [0.29, 0.717) is 12.2 Å². The van der Waals surface area contributed by atoms with Gasteiger partial charge in [0.25, 0.3) is 5.91 Å². The van der Waals surface area contributed by atoms with Crippen molar-refractivity contribution >= 4 is 11.7 Å². The fourth-order valence-electron chi connectivity index (χ4n) is 3.66. The number of aromatic nitrogens is 1. The highest BCUT2D eigenvalue weighted by Crippen LogP contribution is 2.15. The van der Waals surface area contributed by atoms with Gasteiger partial charge in [-0.3, -0.25) is 9.69 Å². The maximum atomic E-state index is 12.8. The number of hydrogen-bond acceptors (Lipinski definition) is 6. The lowest BCUT2D eigenvalue weighted by Crippen LogP contribution is -2.49. The molecule has 0 saturated carbocycles. The Kier molecular flexibility index (Phi) is 6.59. The molecule has 2 saturated heterocycles. The lowest BCUT2D eigenvalue weighted by atomic mass is 10.2. The Bertz CT molecular complexity index is 770. The molecule has 0 spiro atoms. The molecule has 0 bridgehead atoms. The molecule has 154 valence electrons. The second kappa shape index (κ2) is 9.71. The quantitative estimate of drug-likeness (QED) is 0.742. The molecule has 2 aliphatic heterocycles. The monoisotopic (exact) mass is 396 g/mol. The predicted octanol–water partition coefficient (Wildman–Crippen LogP) is 1.75. The van der Waals surface area contributed by atoms with E-state index in [4.69, 9.17) is 9.47 Å². The smallest absolute Gasteiger partial charge is 0.255 e. The van der Waals surface area contributed by atoms with Gasteiger partial charge < -0.3 is 19.3 Å². The summed E-state index contributed by atoms with van der Waals surface area (Å²) in [5, 5.41) is 0. The Labute approximate surface area is 171 Å². The summed E-state index contributed by atoms with van der Waals surface area (Å²) in [7, 11) is 0. The van der Waals surface area contributed by atoms with E-state index < -0.39 is 0 Å². The third-order valence-electron chi connectivity index (χ3n) is 5.41. The van der Waals surface area contributed by atoms with Crippen molar-refractivity contribution in [3.8, 4) is 5.75 Å². The lowest BCUT2D eigenvalue weighted by Gasteiger charge is -2.34. The van der Waals surface area contributed by atoms with Crippen LogP contribution in [0.25, 0.3) is 0 Å². The number of morpholine rings is 1. The highest BCUT2D eigenvalue weighted by molar-refractivity contribution is 5.94. The molecule has 0 unspecified atom stereocenters. The predicted molar refractivity (Wildman–Crippen MR) is 112 cm³/mol. The molecule has 7 nitrogen and oxygen atoms in total. The average Bonchev–Trinajstić information content (AvgIpc) is 2.80. The third-order valence-corrected chi connectivity index (χ3v) is 5.41. The molecule has 7 heteroatoms. The highest BCUT2D eigenvalue weighted by Gasteiger charge is 2.22. The maximum absolute atomic E-state index is 12.8. The van der Waals surface area contributed by atoms with Crippen molar-refractivity contribution < 1.29 is 14.3 Å². The van der Waals surface area contributed by atoms with Gasteiger partial charge in [0.2, 0.25) is 0 Å². The van der Waals surface area contributed by atoms with Crippen LogP contribution in [0.4, 0.5) is 5.82 Å². The highest BCUT2D eigenvalue weighted by atomic mass is 16.5. The molecule has 1 amide bonds. The molecule has 0 aliphatic carbocycles. The number of pyridine rings is 1. The lowest BCUT2D eigenvalue weighted by molar-refractivity contribution is 0.0620. The zero-order valence-electron chi connectivity index (χ0n) is 16.7. The van der Waals surface area contributed by atoms with Gasteiger partial charge in [-0.2, -0.15) is 0 Å². The van der Waals surface area contributed by atoms with Crippen LogP contribution < -0.4 is 9.64 Å². The first-order chi connectivity index (χ1) is 14.3. The fraction of sp³-hybridized carbons (Fsp3) is 0.455. The Morgan fingerprint density at radius 2 is 1.72 bits per heavy atom. The van der Waals surface area contributed by atoms with Gasteiger partial charge >= 0.3 is 0 Å². The number of ether oxygens (including phenoxy) is 2. The van der Waals surface area contributed by atoms with Crippen LogP contribution in [0.5, 0.6) is 5.75 Å². The van der Waals surface area contributed by atoms with Crippen molar-refractivity contribution in [1.29, 1.82) is 0 Å². The van der Waals surface area contributed by atoms with Crippen LogP contribution in [0.2, 0.25) is 0 Å². The largest absolute Gasteiger partial charge is 0.492 e. The second-order valence-electron chi connectivity index (χ2n) is 7.30. The van der Waals surface area contributed by atoms with Gasteiger partial charge in [-0.05, 0) is 24.3 Å². The first kappa shape index (κ1) is 19.7. The summed E-state index contributed by atoms with van der Waals surface area (Å²) >= 11 is 0. The Balaban J connectivity index is 1.22. The molecule has 2 aliphatic rings. The number of nitrogens with zero attached hydrogens (tertiary/aromatic N) is 4. The molecular formula is C22H28N4O3. The summed E-state index contributed by atoms with van der Waals surface area (Å²) < 4.78 is 11.1. The maximum Gasteiger partial charge on any atom is 0.255 e. The van der Waals surface area contributed by atoms with Crippen molar-refractivity contribution in [2.45, 2.75) is 0 Å². The number of anilines is 1. The topological polar surface area (TPSA) is 58.1 Å². The number of amides is 1. The molecule has 29 heavy (non-hydrogen) atoms. The van der Waals surface area contributed by atoms with E-state index in [1.165, 1.54) is 0 Å². The number of rotatable bonds is 6. The van der Waals surface area contributed by atoms with Crippen molar-refractivity contribution in [2.75, 3.05) is 70.5 Å². The van der Waals surface area contributed by atoms with E-state index >= 15 is 0 Å². The second-order valence-corrected chi connectivity index (χ2v) is 7.30. The first-order valence-electron chi connectivity index (χ1n) is 10.3. The van der Waals surface area contributed by atoms with E-state index in [9.17, 15) is 4.79 Å². The van der Waals surface area contributed by atoms with Crippen LogP contribution in [0.15, 0.2) is 48.7 Å². The molecule has 1 aromatic carbocycles. The molecule has 2 aromatic rings. The standard InChI is InChI=1S/C22H28N4O3/c27-22(19-6-7-21(23-18-19)25-13-15-28-16-14-25)26-10-8-24(9-11-26)12-17-29-20-4-2-1-3-5-20/h1-7,18H,8-17H2. The molecule has 4 rings (SSSR count). The van der Waals surface area contributed by atoms with E-state index in [1.54, 1.807) is 6.20 Å². The van der Waals surface area contributed by atoms with Gasteiger partial charge in [-0.15, -0.1) is 0 Å². The van der Waals surface area contributed by atoms with E-state index in [-0.39, 0.29) is 5.91 Å². The first-order valence-corrected chi connectivity index (χ1v) is 10.3. The minimum Gasteiger partial charge on any atom is -0.492 e. The van der Waals surface area contributed by atoms with E-state index in [0.717, 1.165) is 70.6 Å². The summed E-state index contributed by atoms with van der Waals surface area (Å²) in [4.78, 5) is 23.7. The molecule has 0 radical (unpaired) electrons. The molecular weight excluding hydrogens is 368 g/mol. The van der Waals surface area contributed by atoms with Crippen molar-refractivity contribution in [1.82, 2.24) is 14.8 Å². The fourth-order valence-corrected chi connectivity index (χ4v) is 3.66. The van der Waals surface area contributed by atoms with Crippen molar-refractivity contribution in [2.24, 2.45) is 0 Å². The minimum atomic E-state index is 0.0613. The van der Waals surface area contributed by atoms with Gasteiger partial charge in [-0.1, -0.05) is 18.2 Å². The van der Waals surface area contributed by atoms with Gasteiger partial charge in [0.05, 0.1) is 18.8 Å². The van der Waals surface area contributed by atoms with Crippen LogP contribution in [-0.2, 0) is 4.74 Å². The minimum absolute atomic E-state index is 0.0613. The number of carbonyl (C=O) groups excluding carboxylic acids is 1. The molecule has 0 N–H and O–H groups in total. The number of piperazine rings is 1. The van der Waals surface area contributed by atoms with Crippen molar-refractivity contribution in [3.05, 3.63) is 54.2 Å². The Morgan fingerprint density at radius 1 is 0.966 bits per heavy atom. The van der Waals surface area contributed by atoms with Crippen LogP contribution >= 0.6 is 0 Å². The Morgan fingerprint density at radius 3 is 2.41 bits per heavy atom. The SMILES string of the molecule is O=C(c1ccc(N2CCOCC2)nc1)N1CCN(CCOc2ccccc2)CC1. The summed E-state index contributed by atoms with van der Waals surface area (Å²) in [5.74, 6) is 1.87. The normalized spacial score (nSPS) is 17.9. The number of para-hydroxylation sites is 1. The third kappa shape index (κ3) is 5.25. The van der Waals surface area contributed by atoms with E-state index in [1.807, 2.05) is 47.4 Å². The summed E-state index contributed by atoms with van der Waals surface area (Å²) in [6, 6.07) is 13.7. The zero-order chi connectivity index (χ0) is 19.9. The molecule has 2 fully saturated rings. The van der Waals surface area contributed by atoms with Crippen LogP contribution in [0.3, 0.4) is 0 Å². The molecule has 3 heterocycles. The Hall–Kier alpha value is -2.64. The van der Waals surface area contributed by atoms with E-state index in [2.05, 4.69) is 14.8 Å². The van der Waals surface area contributed by atoms with Gasteiger partial charge in [0, 0.05) is 52.0 Å². The zero-order valence-corrected chi connectivity index (χ0v) is 16.7. The van der Waals surface area contributed by atoms with Gasteiger partial charge in [0.15, 0.2) is 0 Å².